The van der Waals surface area contributed by atoms with E-state index in [9.17, 15) is 9.18 Å². The first-order chi connectivity index (χ1) is 13.2. The van der Waals surface area contributed by atoms with E-state index >= 15 is 0 Å². The van der Waals surface area contributed by atoms with E-state index in [1.54, 1.807) is 17.3 Å². The second-order valence-electron chi connectivity index (χ2n) is 6.76. The second kappa shape index (κ2) is 7.65. The van der Waals surface area contributed by atoms with Crippen LogP contribution in [0, 0.1) is 5.82 Å². The quantitative estimate of drug-likeness (QED) is 0.713. The van der Waals surface area contributed by atoms with Crippen LogP contribution in [0.25, 0.3) is 0 Å². The van der Waals surface area contributed by atoms with Gasteiger partial charge in [0.1, 0.15) is 11.6 Å². The minimum absolute atomic E-state index is 0.149. The Labute approximate surface area is 156 Å². The summed E-state index contributed by atoms with van der Waals surface area (Å²) in [6, 6.07) is 5.19. The van der Waals surface area contributed by atoms with Gasteiger partial charge in [0.15, 0.2) is 0 Å². The molecule has 27 heavy (non-hydrogen) atoms. The summed E-state index contributed by atoms with van der Waals surface area (Å²) >= 11 is 0. The fraction of sp³-hybridized carbons (Fsp3) is 0.300. The van der Waals surface area contributed by atoms with Crippen LogP contribution in [0.4, 0.5) is 4.39 Å². The molecule has 1 amide bonds. The largest absolute Gasteiger partial charge is 0.338 e. The highest BCUT2D eigenvalue weighted by Gasteiger charge is 2.28. The van der Waals surface area contributed by atoms with Gasteiger partial charge in [0.25, 0.3) is 5.91 Å². The number of imidazole rings is 1. The lowest BCUT2D eigenvalue weighted by atomic mass is 9.96. The Hall–Kier alpha value is -3.09. The number of carbonyl (C=O) groups excluding carboxylic acids is 1. The fourth-order valence-corrected chi connectivity index (χ4v) is 3.59. The zero-order chi connectivity index (χ0) is 18.6. The van der Waals surface area contributed by atoms with E-state index in [-0.39, 0.29) is 17.4 Å². The van der Waals surface area contributed by atoms with Gasteiger partial charge in [0.05, 0.1) is 18.3 Å². The first-order valence-electron chi connectivity index (χ1n) is 9.00. The molecule has 0 bridgehead atoms. The van der Waals surface area contributed by atoms with Gasteiger partial charge in [0, 0.05) is 50.0 Å². The Morgan fingerprint density at radius 3 is 2.96 bits per heavy atom. The molecule has 1 aliphatic rings. The Balaban J connectivity index is 1.51. The van der Waals surface area contributed by atoms with E-state index in [4.69, 9.17) is 0 Å². The summed E-state index contributed by atoms with van der Waals surface area (Å²) in [7, 11) is 0. The van der Waals surface area contributed by atoms with E-state index in [2.05, 4.69) is 19.5 Å². The molecule has 3 aromatic heterocycles. The van der Waals surface area contributed by atoms with Crippen molar-refractivity contribution in [1.82, 2.24) is 24.4 Å². The highest BCUT2D eigenvalue weighted by Crippen LogP contribution is 2.27. The molecule has 0 spiro atoms. The normalized spacial score (nSPS) is 17.1. The molecule has 0 unspecified atom stereocenters. The van der Waals surface area contributed by atoms with Crippen molar-refractivity contribution in [1.29, 1.82) is 0 Å². The van der Waals surface area contributed by atoms with E-state index < -0.39 is 5.82 Å². The van der Waals surface area contributed by atoms with Gasteiger partial charge in [-0.25, -0.2) is 9.37 Å². The number of rotatable bonds is 4. The van der Waals surface area contributed by atoms with Crippen LogP contribution in [0.5, 0.6) is 0 Å². The lowest BCUT2D eigenvalue weighted by molar-refractivity contribution is 0.0702. The SMILES string of the molecule is O=C(c1cncc(F)c1)N1CCC[C@H](c2nccn2Cc2cccnc2)C1. The molecule has 0 aromatic carbocycles. The predicted octanol–water partition coefficient (Wildman–Crippen LogP) is 2.88. The highest BCUT2D eigenvalue weighted by molar-refractivity contribution is 5.94. The average molecular weight is 365 g/mol. The summed E-state index contributed by atoms with van der Waals surface area (Å²) < 4.78 is 15.5. The molecule has 3 aromatic rings. The number of pyridine rings is 2. The van der Waals surface area contributed by atoms with Crippen molar-refractivity contribution in [2.45, 2.75) is 25.3 Å². The van der Waals surface area contributed by atoms with Crippen LogP contribution in [0.1, 0.15) is 40.5 Å². The molecule has 7 heteroatoms. The van der Waals surface area contributed by atoms with Gasteiger partial charge in [0.2, 0.25) is 0 Å². The van der Waals surface area contributed by atoms with Crippen LogP contribution in [-0.4, -0.2) is 43.4 Å². The maximum Gasteiger partial charge on any atom is 0.255 e. The number of hydrogen-bond acceptors (Lipinski definition) is 4. The van der Waals surface area contributed by atoms with E-state index in [1.165, 1.54) is 12.3 Å². The van der Waals surface area contributed by atoms with Crippen LogP contribution in [-0.2, 0) is 6.54 Å². The van der Waals surface area contributed by atoms with Crippen molar-refractivity contribution in [3.8, 4) is 0 Å². The van der Waals surface area contributed by atoms with Gasteiger partial charge in [-0.1, -0.05) is 6.07 Å². The molecule has 4 heterocycles. The summed E-state index contributed by atoms with van der Waals surface area (Å²) in [5.74, 6) is 0.433. The van der Waals surface area contributed by atoms with Crippen molar-refractivity contribution in [2.75, 3.05) is 13.1 Å². The number of amides is 1. The topological polar surface area (TPSA) is 63.9 Å². The average Bonchev–Trinajstić information content (AvgIpc) is 3.16. The predicted molar refractivity (Wildman–Crippen MR) is 97.6 cm³/mol. The summed E-state index contributed by atoms with van der Waals surface area (Å²) in [6.07, 6.45) is 11.7. The second-order valence-corrected chi connectivity index (χ2v) is 6.76. The van der Waals surface area contributed by atoms with Crippen molar-refractivity contribution >= 4 is 5.91 Å². The van der Waals surface area contributed by atoms with Gasteiger partial charge in [-0.3, -0.25) is 14.8 Å². The molecule has 1 aliphatic heterocycles. The Morgan fingerprint density at radius 2 is 2.15 bits per heavy atom. The van der Waals surface area contributed by atoms with Gasteiger partial charge < -0.3 is 9.47 Å². The first-order valence-corrected chi connectivity index (χ1v) is 9.00. The summed E-state index contributed by atoms with van der Waals surface area (Å²) in [6.45, 7) is 1.93. The zero-order valence-electron chi connectivity index (χ0n) is 14.8. The summed E-state index contributed by atoms with van der Waals surface area (Å²) in [5.41, 5.74) is 1.39. The van der Waals surface area contributed by atoms with E-state index in [1.807, 2.05) is 24.5 Å². The number of piperidine rings is 1. The molecule has 6 nitrogen and oxygen atoms in total. The molecule has 4 rings (SSSR count). The van der Waals surface area contributed by atoms with E-state index in [0.29, 0.717) is 19.6 Å². The van der Waals surface area contributed by atoms with Crippen molar-refractivity contribution in [3.05, 3.63) is 78.1 Å². The Morgan fingerprint density at radius 1 is 1.22 bits per heavy atom. The van der Waals surface area contributed by atoms with Crippen LogP contribution in [0.15, 0.2) is 55.4 Å². The number of likely N-dealkylation sites (tertiary alicyclic amines) is 1. The number of nitrogens with zero attached hydrogens (tertiary/aromatic N) is 5. The molecule has 0 aliphatic carbocycles. The Kier molecular flexibility index (Phi) is 4.91. The number of hydrogen-bond donors (Lipinski definition) is 0. The lowest BCUT2D eigenvalue weighted by Gasteiger charge is -2.32. The van der Waals surface area contributed by atoms with Crippen LogP contribution >= 0.6 is 0 Å². The molecule has 1 fully saturated rings. The van der Waals surface area contributed by atoms with Crippen molar-refractivity contribution in [3.63, 3.8) is 0 Å². The molecule has 0 saturated carbocycles. The smallest absolute Gasteiger partial charge is 0.255 e. The van der Waals surface area contributed by atoms with Gasteiger partial charge >= 0.3 is 0 Å². The monoisotopic (exact) mass is 365 g/mol. The third kappa shape index (κ3) is 3.86. The zero-order valence-corrected chi connectivity index (χ0v) is 14.8. The minimum Gasteiger partial charge on any atom is -0.338 e. The minimum atomic E-state index is -0.499. The van der Waals surface area contributed by atoms with Gasteiger partial charge in [-0.2, -0.15) is 0 Å². The van der Waals surface area contributed by atoms with Crippen LogP contribution < -0.4 is 0 Å². The van der Waals surface area contributed by atoms with Crippen LogP contribution in [0.3, 0.4) is 0 Å². The third-order valence-electron chi connectivity index (χ3n) is 4.85. The fourth-order valence-electron chi connectivity index (χ4n) is 3.59. The maximum absolute atomic E-state index is 13.4. The first kappa shape index (κ1) is 17.3. The number of halogens is 1. The highest BCUT2D eigenvalue weighted by atomic mass is 19.1. The number of carbonyl (C=O) groups is 1. The molecule has 0 radical (unpaired) electrons. The standard InChI is InChI=1S/C20H20FN5O/c21-18-9-17(11-23-12-18)20(27)26-7-2-4-16(14-26)19-24-6-8-25(19)13-15-3-1-5-22-10-15/h1,3,5-6,8-12,16H,2,4,7,13-14H2/t16-/m0/s1. The molecule has 1 atom stereocenters. The van der Waals surface area contributed by atoms with Crippen molar-refractivity contribution in [2.24, 2.45) is 0 Å². The number of aromatic nitrogens is 4. The molecule has 1 saturated heterocycles. The maximum atomic E-state index is 13.4. The Bertz CT molecular complexity index is 927. The third-order valence-corrected chi connectivity index (χ3v) is 4.85. The van der Waals surface area contributed by atoms with E-state index in [0.717, 1.165) is 30.4 Å². The summed E-state index contributed by atoms with van der Waals surface area (Å²) in [4.78, 5) is 27.0. The molecular formula is C20H20FN5O. The van der Waals surface area contributed by atoms with Crippen molar-refractivity contribution < 1.29 is 9.18 Å². The molecular weight excluding hydrogens is 345 g/mol. The lowest BCUT2D eigenvalue weighted by Crippen LogP contribution is -2.39. The van der Waals surface area contributed by atoms with Gasteiger partial charge in [-0.05, 0) is 30.5 Å². The summed E-state index contributed by atoms with van der Waals surface area (Å²) in [5, 5.41) is 0. The van der Waals surface area contributed by atoms with Crippen LogP contribution in [0.2, 0.25) is 0 Å². The molecule has 0 N–H and O–H groups in total. The van der Waals surface area contributed by atoms with Gasteiger partial charge in [-0.15, -0.1) is 0 Å². The molecule has 138 valence electrons.